The van der Waals surface area contributed by atoms with Gasteiger partial charge in [0.15, 0.2) is 17.3 Å². The van der Waals surface area contributed by atoms with Crippen molar-refractivity contribution < 1.29 is 43.2 Å². The largest absolute Gasteiger partial charge is 0.397 e. The predicted octanol–water partition coefficient (Wildman–Crippen LogP) is 5.86. The third-order valence-corrected chi connectivity index (χ3v) is 11.1. The van der Waals surface area contributed by atoms with Gasteiger partial charge in [-0.3, -0.25) is 0 Å². The van der Waals surface area contributed by atoms with E-state index in [9.17, 15) is 43.2 Å². The molecule has 0 radical (unpaired) electrons. The normalized spacial score (nSPS) is 13.4. The number of alkyl halides is 6. The van der Waals surface area contributed by atoms with E-state index in [0.717, 1.165) is 18.1 Å². The van der Waals surface area contributed by atoms with Crippen LogP contribution in [0, 0.1) is 0 Å². The molecule has 7 aromatic rings. The Morgan fingerprint density at radius 3 is 1.64 bits per heavy atom. The molecule has 5 N–H and O–H groups in total. The van der Waals surface area contributed by atoms with E-state index in [1.54, 1.807) is 36.9 Å². The van der Waals surface area contributed by atoms with Gasteiger partial charge in [-0.15, -0.1) is 0 Å². The summed E-state index contributed by atoms with van der Waals surface area (Å²) in [5.74, 6) is -4.71. The van der Waals surface area contributed by atoms with E-state index in [-0.39, 0.29) is 34.5 Å². The molecule has 7 heterocycles. The molecule has 0 bridgehead atoms. The molecule has 0 aliphatic rings. The fraction of sp³-hybridized carbons (Fsp3) is 0.270. The average molecular weight is 891 g/mol. The van der Waals surface area contributed by atoms with Crippen molar-refractivity contribution in [3.05, 3.63) is 103 Å². The van der Waals surface area contributed by atoms with Gasteiger partial charge in [-0.25, -0.2) is 51.1 Å². The van der Waals surface area contributed by atoms with E-state index in [1.165, 1.54) is 64.5 Å². The van der Waals surface area contributed by atoms with Crippen LogP contribution in [0.4, 0.5) is 37.8 Å². The van der Waals surface area contributed by atoms with Crippen LogP contribution in [0.2, 0.25) is 0 Å². The Kier molecular flexibility index (Phi) is 12.5. The second kappa shape index (κ2) is 17.3. The molecule has 0 saturated carbocycles. The van der Waals surface area contributed by atoms with Gasteiger partial charge in [-0.05, 0) is 49.2 Å². The number of nitrogens with two attached hydrogens (primary N) is 2. The molecule has 2 atom stereocenters. The van der Waals surface area contributed by atoms with Crippen LogP contribution >= 0.6 is 0 Å². The third-order valence-electron chi connectivity index (χ3n) is 9.18. The second-order valence-electron chi connectivity index (χ2n) is 13.8. The minimum Gasteiger partial charge on any atom is -0.395 e. The first kappa shape index (κ1) is 44.1. The maximum atomic E-state index is 13.6. The fourth-order valence-electron chi connectivity index (χ4n) is 6.15. The summed E-state index contributed by atoms with van der Waals surface area (Å²) in [4.78, 5) is 23.3. The van der Waals surface area contributed by atoms with E-state index >= 15 is 0 Å². The van der Waals surface area contributed by atoms with Crippen LogP contribution in [0.1, 0.15) is 36.1 Å². The van der Waals surface area contributed by atoms with Crippen molar-refractivity contribution in [2.45, 2.75) is 37.0 Å². The number of H-pyrrole nitrogens is 1. The molecule has 24 heteroatoms. The van der Waals surface area contributed by atoms with Crippen molar-refractivity contribution >= 4 is 42.3 Å². The average Bonchev–Trinajstić information content (AvgIpc) is 3.97. The van der Waals surface area contributed by atoms with E-state index in [0.29, 0.717) is 27.9 Å². The Morgan fingerprint density at radius 2 is 1.15 bits per heavy atom. The highest BCUT2D eigenvalue weighted by atomic mass is 32.2. The van der Waals surface area contributed by atoms with Crippen molar-refractivity contribution in [3.63, 3.8) is 0 Å². The lowest BCUT2D eigenvalue weighted by molar-refractivity contribution is -0.152. The lowest BCUT2D eigenvalue weighted by Crippen LogP contribution is -2.24. The molecule has 0 saturated heterocycles. The number of aromatic amines is 1. The zero-order valence-corrected chi connectivity index (χ0v) is 33.7. The molecule has 0 aromatic carbocycles. The van der Waals surface area contributed by atoms with Gasteiger partial charge in [0.25, 0.3) is 0 Å². The molecule has 322 valence electrons. The minimum atomic E-state index is -4.64. The number of nitrogens with one attached hydrogen (secondary N) is 1. The Balaban J connectivity index is 0.000000204. The van der Waals surface area contributed by atoms with E-state index in [2.05, 4.69) is 40.1 Å². The highest BCUT2D eigenvalue weighted by Gasteiger charge is 2.43. The van der Waals surface area contributed by atoms with E-state index in [1.807, 2.05) is 0 Å². The van der Waals surface area contributed by atoms with Crippen LogP contribution < -0.4 is 11.5 Å². The number of fused-ring (bicyclic) bond motifs is 1. The van der Waals surface area contributed by atoms with Crippen LogP contribution in [0.5, 0.6) is 0 Å². The Labute approximate surface area is 343 Å². The summed E-state index contributed by atoms with van der Waals surface area (Å²) in [6, 6.07) is 11.8. The quantitative estimate of drug-likeness (QED) is 0.122. The Hall–Kier alpha value is -6.43. The summed E-state index contributed by atoms with van der Waals surface area (Å²) in [6.45, 7) is 0. The van der Waals surface area contributed by atoms with Crippen LogP contribution in [-0.4, -0.2) is 103 Å². The zero-order chi connectivity index (χ0) is 44.3. The SMILES string of the molecule is CS(=O)(=O)CCC(c1cccc(-n2cc(-c3ccnc(N)c3N)cn2)n1)C(F)(F)F.CS(=O)(=O)CCC(c1cccc(-n2cc(-c3ccnc4nc[nH]c34)cn2)n1)C(F)(F)F. The van der Waals surface area contributed by atoms with Gasteiger partial charge in [0.1, 0.15) is 25.5 Å². The van der Waals surface area contributed by atoms with Gasteiger partial charge in [0.2, 0.25) is 0 Å². The van der Waals surface area contributed by atoms with Crippen LogP contribution in [0.15, 0.2) is 92.0 Å². The smallest absolute Gasteiger partial charge is 0.395 e. The van der Waals surface area contributed by atoms with Crippen molar-refractivity contribution in [1.29, 1.82) is 0 Å². The Bertz CT molecular complexity index is 2880. The number of nitrogens with zero attached hydrogens (tertiary/aromatic N) is 9. The van der Waals surface area contributed by atoms with Gasteiger partial charge in [-0.1, -0.05) is 12.1 Å². The van der Waals surface area contributed by atoms with Gasteiger partial charge < -0.3 is 16.5 Å². The first-order valence-electron chi connectivity index (χ1n) is 17.9. The molecule has 7 rings (SSSR count). The first-order chi connectivity index (χ1) is 28.6. The Morgan fingerprint density at radius 1 is 0.672 bits per heavy atom. The summed E-state index contributed by atoms with van der Waals surface area (Å²) in [6.07, 6.45) is 2.15. The number of sulfone groups is 2. The van der Waals surface area contributed by atoms with Gasteiger partial charge in [-0.2, -0.15) is 36.5 Å². The molecule has 0 aliphatic heterocycles. The van der Waals surface area contributed by atoms with Crippen LogP contribution in [0.25, 0.3) is 45.1 Å². The van der Waals surface area contributed by atoms with Crippen LogP contribution in [-0.2, 0) is 19.7 Å². The fourth-order valence-corrected chi connectivity index (χ4v) is 7.48. The topological polar surface area (TPSA) is 236 Å². The maximum absolute atomic E-state index is 13.6. The summed E-state index contributed by atoms with van der Waals surface area (Å²) in [5, 5.41) is 8.37. The van der Waals surface area contributed by atoms with Gasteiger partial charge in [0.05, 0.1) is 64.7 Å². The van der Waals surface area contributed by atoms with E-state index < -0.39 is 68.2 Å². The summed E-state index contributed by atoms with van der Waals surface area (Å²) < 4.78 is 129. The predicted molar refractivity (Wildman–Crippen MR) is 214 cm³/mol. The highest BCUT2D eigenvalue weighted by Crippen LogP contribution is 2.39. The summed E-state index contributed by atoms with van der Waals surface area (Å²) >= 11 is 0. The number of anilines is 2. The zero-order valence-electron chi connectivity index (χ0n) is 32.0. The molecule has 16 nitrogen and oxygen atoms in total. The monoisotopic (exact) mass is 890 g/mol. The maximum Gasteiger partial charge on any atom is 0.397 e. The highest BCUT2D eigenvalue weighted by molar-refractivity contribution is 7.90. The molecule has 7 aromatic heterocycles. The standard InChI is InChI=1S/C19H17F3N6O2S.C18H19F3N6O2S/c1-31(29,30)8-6-14(19(20,21)22)15-3-2-4-16(27-15)28-10-12(9-26-28)13-5-7-23-18-17(13)24-11-25-18;1-30(28,29)8-6-13(18(19,20)21)14-3-2-4-15(26-14)27-10-11(9-25-27)12-5-7-24-17(23)16(12)22/h2-5,7,9-11,14H,6,8H2,1H3,(H,23,24,25);2-5,7,9-10,13H,6,8,22H2,1H3,(H2,23,24). The number of nitrogen functional groups attached to an aromatic ring is 2. The minimum absolute atomic E-state index is 0.146. The first-order valence-corrected chi connectivity index (χ1v) is 22.0. The van der Waals surface area contributed by atoms with Crippen molar-refractivity contribution in [2.75, 3.05) is 35.5 Å². The van der Waals surface area contributed by atoms with Crippen molar-refractivity contribution in [1.82, 2.24) is 49.5 Å². The van der Waals surface area contributed by atoms with Gasteiger partial charge >= 0.3 is 12.4 Å². The third kappa shape index (κ3) is 11.0. The van der Waals surface area contributed by atoms with Crippen molar-refractivity contribution in [2.24, 2.45) is 0 Å². The van der Waals surface area contributed by atoms with Gasteiger partial charge in [0, 0.05) is 59.6 Å². The molecular weight excluding hydrogens is 855 g/mol. The van der Waals surface area contributed by atoms with Crippen LogP contribution in [0.3, 0.4) is 0 Å². The summed E-state index contributed by atoms with van der Waals surface area (Å²) in [5.41, 5.74) is 15.2. The second-order valence-corrected chi connectivity index (χ2v) is 18.4. The molecule has 0 amide bonds. The molecule has 0 spiro atoms. The molecule has 0 fully saturated rings. The number of aromatic nitrogens is 10. The van der Waals surface area contributed by atoms with Crippen molar-refractivity contribution in [3.8, 4) is 33.9 Å². The number of halogens is 6. The lowest BCUT2D eigenvalue weighted by atomic mass is 10.0. The lowest BCUT2D eigenvalue weighted by Gasteiger charge is -2.20. The number of hydrogen-bond donors (Lipinski definition) is 3. The molecule has 0 aliphatic carbocycles. The molecular formula is C37H36F6N12O4S2. The number of pyridine rings is 4. The molecule has 2 unspecified atom stereocenters. The summed E-state index contributed by atoms with van der Waals surface area (Å²) in [7, 11) is -7.11. The number of rotatable bonds is 12. The molecule has 61 heavy (non-hydrogen) atoms. The van der Waals surface area contributed by atoms with E-state index in [4.69, 9.17) is 11.5 Å². The number of imidazole rings is 1. The number of hydrogen-bond acceptors (Lipinski definition) is 13.